The van der Waals surface area contributed by atoms with Crippen molar-refractivity contribution in [1.82, 2.24) is 15.2 Å². The van der Waals surface area contributed by atoms with Crippen LogP contribution in [0.5, 0.6) is 0 Å². The lowest BCUT2D eigenvalue weighted by atomic mass is 10.1. The van der Waals surface area contributed by atoms with Crippen molar-refractivity contribution in [2.24, 2.45) is 5.73 Å². The summed E-state index contributed by atoms with van der Waals surface area (Å²) >= 11 is 0. The molecule has 1 atom stereocenters. The molecule has 1 aliphatic heterocycles. The highest BCUT2D eigenvalue weighted by Crippen LogP contribution is 2.20. The van der Waals surface area contributed by atoms with Gasteiger partial charge in [0.1, 0.15) is 11.1 Å². The fraction of sp³-hybridized carbons (Fsp3) is 0.800. The van der Waals surface area contributed by atoms with Gasteiger partial charge in [0.2, 0.25) is 5.95 Å². The van der Waals surface area contributed by atoms with Crippen molar-refractivity contribution in [2.75, 3.05) is 24.2 Å². The van der Waals surface area contributed by atoms with E-state index >= 15 is 0 Å². The van der Waals surface area contributed by atoms with Crippen LogP contribution in [0.1, 0.15) is 30.8 Å². The Labute approximate surface area is 107 Å². The lowest BCUT2D eigenvalue weighted by molar-refractivity contribution is 0.496. The predicted molar refractivity (Wildman–Crippen MR) is 69.1 cm³/mol. The molecular formula is C10H19N5O2S. The number of nitrogens with zero attached hydrogens (tertiary/aromatic N) is 3. The first-order chi connectivity index (χ1) is 8.38. The molecule has 18 heavy (non-hydrogen) atoms. The fourth-order valence-electron chi connectivity index (χ4n) is 1.89. The number of piperidine rings is 1. The van der Waals surface area contributed by atoms with Gasteiger partial charge in [-0.05, 0) is 19.8 Å². The molecule has 2 rings (SSSR count). The van der Waals surface area contributed by atoms with Crippen LogP contribution in [0.2, 0.25) is 0 Å². The Morgan fingerprint density at radius 1 is 1.44 bits per heavy atom. The van der Waals surface area contributed by atoms with Crippen LogP contribution in [-0.4, -0.2) is 49.0 Å². The number of aromatic nitrogens is 3. The summed E-state index contributed by atoms with van der Waals surface area (Å²) < 4.78 is 22.9. The zero-order chi connectivity index (χ0) is 13.3. The van der Waals surface area contributed by atoms with Crippen LogP contribution in [0.3, 0.4) is 0 Å². The van der Waals surface area contributed by atoms with Crippen molar-refractivity contribution < 1.29 is 8.42 Å². The first kappa shape index (κ1) is 13.3. The Kier molecular flexibility index (Phi) is 3.58. The highest BCUT2D eigenvalue weighted by Gasteiger charge is 2.24. The molecular weight excluding hydrogens is 254 g/mol. The molecule has 0 aromatic carbocycles. The normalized spacial score (nSPS) is 20.1. The van der Waals surface area contributed by atoms with E-state index in [4.69, 9.17) is 5.73 Å². The summed E-state index contributed by atoms with van der Waals surface area (Å²) in [6.07, 6.45) is 3.01. The minimum Gasteiger partial charge on any atom is -0.339 e. The molecule has 7 nitrogen and oxygen atoms in total. The lowest BCUT2D eigenvalue weighted by Crippen LogP contribution is -2.40. The number of nitrogens with two attached hydrogens (primary N) is 1. The largest absolute Gasteiger partial charge is 0.339 e. The van der Waals surface area contributed by atoms with E-state index in [1.807, 2.05) is 4.90 Å². The molecule has 2 heterocycles. The number of anilines is 1. The van der Waals surface area contributed by atoms with Crippen molar-refractivity contribution in [2.45, 2.75) is 31.1 Å². The number of H-pyrrole nitrogens is 1. The van der Waals surface area contributed by atoms with Gasteiger partial charge in [-0.2, -0.15) is 4.98 Å². The Morgan fingerprint density at radius 3 is 2.61 bits per heavy atom. The Hall–Kier alpha value is -1.15. The highest BCUT2D eigenvalue weighted by molar-refractivity contribution is 7.90. The van der Waals surface area contributed by atoms with Crippen LogP contribution in [0.4, 0.5) is 5.95 Å². The molecule has 1 aliphatic rings. The number of rotatable bonds is 3. The summed E-state index contributed by atoms with van der Waals surface area (Å²) in [5.74, 6) is 0.953. The molecule has 1 aromatic rings. The number of nitrogens with one attached hydrogen (secondary N) is 1. The predicted octanol–water partition coefficient (Wildman–Crippen LogP) is -0.162. The highest BCUT2D eigenvalue weighted by atomic mass is 32.2. The van der Waals surface area contributed by atoms with Crippen LogP contribution in [-0.2, 0) is 9.84 Å². The maximum atomic E-state index is 11.4. The molecule has 0 radical (unpaired) electrons. The van der Waals surface area contributed by atoms with Crippen LogP contribution >= 0.6 is 0 Å². The zero-order valence-electron chi connectivity index (χ0n) is 10.6. The standard InChI is InChI=1S/C10H19N5O2S/c1-7(18(2,16)17)9-12-10(14-13-9)15-5-3-8(11)4-6-15/h7-8H,3-6,11H2,1-2H3,(H,12,13,14). The third-order valence-electron chi connectivity index (χ3n) is 3.34. The third-order valence-corrected chi connectivity index (χ3v) is 4.85. The molecule has 1 aromatic heterocycles. The maximum Gasteiger partial charge on any atom is 0.244 e. The molecule has 1 saturated heterocycles. The smallest absolute Gasteiger partial charge is 0.244 e. The van der Waals surface area contributed by atoms with Gasteiger partial charge in [0, 0.05) is 25.4 Å². The van der Waals surface area contributed by atoms with Gasteiger partial charge in [0.15, 0.2) is 9.84 Å². The quantitative estimate of drug-likeness (QED) is 0.792. The van der Waals surface area contributed by atoms with E-state index in [-0.39, 0.29) is 6.04 Å². The van der Waals surface area contributed by atoms with E-state index in [9.17, 15) is 8.42 Å². The molecule has 0 bridgehead atoms. The fourth-order valence-corrected chi connectivity index (χ4v) is 2.40. The summed E-state index contributed by atoms with van der Waals surface area (Å²) in [7, 11) is -3.15. The lowest BCUT2D eigenvalue weighted by Gasteiger charge is -2.28. The second-order valence-electron chi connectivity index (χ2n) is 4.82. The molecule has 0 spiro atoms. The van der Waals surface area contributed by atoms with Gasteiger partial charge < -0.3 is 10.6 Å². The molecule has 0 amide bonds. The summed E-state index contributed by atoms with van der Waals surface area (Å²) in [5.41, 5.74) is 5.83. The maximum absolute atomic E-state index is 11.4. The molecule has 102 valence electrons. The minimum atomic E-state index is -3.15. The van der Waals surface area contributed by atoms with E-state index in [0.717, 1.165) is 25.9 Å². The monoisotopic (exact) mass is 273 g/mol. The van der Waals surface area contributed by atoms with Crippen molar-refractivity contribution >= 4 is 15.8 Å². The molecule has 0 aliphatic carbocycles. The van der Waals surface area contributed by atoms with Gasteiger partial charge in [-0.15, -0.1) is 5.10 Å². The summed E-state index contributed by atoms with van der Waals surface area (Å²) in [6.45, 7) is 3.23. The van der Waals surface area contributed by atoms with Crippen molar-refractivity contribution in [3.63, 3.8) is 0 Å². The minimum absolute atomic E-state index is 0.245. The van der Waals surface area contributed by atoms with E-state index in [0.29, 0.717) is 11.8 Å². The molecule has 0 saturated carbocycles. The third kappa shape index (κ3) is 2.81. The van der Waals surface area contributed by atoms with Gasteiger partial charge in [0.05, 0.1) is 0 Å². The van der Waals surface area contributed by atoms with Crippen molar-refractivity contribution in [3.8, 4) is 0 Å². The summed E-state index contributed by atoms with van der Waals surface area (Å²) in [4.78, 5) is 6.29. The van der Waals surface area contributed by atoms with Gasteiger partial charge in [-0.3, -0.25) is 5.10 Å². The Balaban J connectivity index is 2.11. The van der Waals surface area contributed by atoms with Crippen LogP contribution < -0.4 is 10.6 Å². The SMILES string of the molecule is CC(c1nc(N2CCC(N)CC2)n[nH]1)S(C)(=O)=O. The van der Waals surface area contributed by atoms with Gasteiger partial charge in [-0.1, -0.05) is 0 Å². The van der Waals surface area contributed by atoms with Gasteiger partial charge in [-0.25, -0.2) is 8.42 Å². The second kappa shape index (κ2) is 4.85. The van der Waals surface area contributed by atoms with Crippen molar-refractivity contribution in [3.05, 3.63) is 5.82 Å². The second-order valence-corrected chi connectivity index (χ2v) is 7.18. The van der Waals surface area contributed by atoms with Crippen LogP contribution in [0.15, 0.2) is 0 Å². The summed E-state index contributed by atoms with van der Waals surface area (Å²) in [5, 5.41) is 6.13. The van der Waals surface area contributed by atoms with Crippen molar-refractivity contribution in [1.29, 1.82) is 0 Å². The van der Waals surface area contributed by atoms with Crippen LogP contribution in [0, 0.1) is 0 Å². The van der Waals surface area contributed by atoms with Gasteiger partial charge in [0.25, 0.3) is 0 Å². The summed E-state index contributed by atoms with van der Waals surface area (Å²) in [6, 6.07) is 0.245. The molecule has 1 unspecified atom stereocenters. The number of hydrogen-bond acceptors (Lipinski definition) is 6. The van der Waals surface area contributed by atoms with Gasteiger partial charge >= 0.3 is 0 Å². The molecule has 1 fully saturated rings. The van der Waals surface area contributed by atoms with E-state index in [2.05, 4.69) is 15.2 Å². The van der Waals surface area contributed by atoms with E-state index in [1.165, 1.54) is 6.26 Å². The number of aromatic amines is 1. The average Bonchev–Trinajstić information content (AvgIpc) is 2.77. The Morgan fingerprint density at radius 2 is 2.06 bits per heavy atom. The topological polar surface area (TPSA) is 105 Å². The molecule has 3 N–H and O–H groups in total. The molecule has 8 heteroatoms. The first-order valence-electron chi connectivity index (χ1n) is 5.99. The van der Waals surface area contributed by atoms with E-state index in [1.54, 1.807) is 6.92 Å². The average molecular weight is 273 g/mol. The van der Waals surface area contributed by atoms with Crippen LogP contribution in [0.25, 0.3) is 0 Å². The first-order valence-corrected chi connectivity index (χ1v) is 7.95. The zero-order valence-corrected chi connectivity index (χ0v) is 11.4. The van der Waals surface area contributed by atoms with E-state index < -0.39 is 15.1 Å². The number of hydrogen-bond donors (Lipinski definition) is 2. The Bertz CT molecular complexity index is 504. The number of sulfone groups is 1.